The molecule has 0 radical (unpaired) electrons. The van der Waals surface area contributed by atoms with Crippen LogP contribution in [0.4, 0.5) is 0 Å². The molecule has 77 heavy (non-hydrogen) atoms. The van der Waals surface area contributed by atoms with Crippen LogP contribution in [-0.2, 0) is 14.3 Å². The fourth-order valence-corrected chi connectivity index (χ4v) is 11.4. The van der Waals surface area contributed by atoms with Crippen molar-refractivity contribution in [2.75, 3.05) is 13.2 Å². The maximum atomic E-state index is 12.5. The molecule has 2 unspecified atom stereocenters. The lowest BCUT2D eigenvalue weighted by atomic mass is 10.0. The number of aliphatic hydroxyl groups excluding tert-OH is 2. The Bertz CT molecular complexity index is 1160. The first-order valence-electron chi connectivity index (χ1n) is 35.4. The minimum atomic E-state index is -0.661. The molecule has 0 aliphatic rings. The van der Waals surface area contributed by atoms with E-state index < -0.39 is 12.1 Å². The van der Waals surface area contributed by atoms with E-state index in [1.807, 2.05) is 0 Å². The molecule has 0 saturated carbocycles. The normalized spacial score (nSPS) is 12.5. The van der Waals surface area contributed by atoms with E-state index in [4.69, 9.17) is 4.74 Å². The summed E-state index contributed by atoms with van der Waals surface area (Å²) in [5.41, 5.74) is 0. The van der Waals surface area contributed by atoms with Gasteiger partial charge in [0.25, 0.3) is 0 Å². The summed E-state index contributed by atoms with van der Waals surface area (Å²) in [5.74, 6) is -0.00921. The van der Waals surface area contributed by atoms with Gasteiger partial charge >= 0.3 is 5.97 Å². The number of ether oxygens (including phenoxy) is 1. The highest BCUT2D eigenvalue weighted by Gasteiger charge is 2.20. The monoisotopic (exact) mass is 1090 g/mol. The number of aliphatic hydroxyl groups is 2. The largest absolute Gasteiger partial charge is 0.466 e. The molecule has 458 valence electrons. The van der Waals surface area contributed by atoms with Crippen LogP contribution in [0.25, 0.3) is 0 Å². The Morgan fingerprint density at radius 2 is 0.610 bits per heavy atom. The van der Waals surface area contributed by atoms with Gasteiger partial charge in [-0.05, 0) is 51.4 Å². The molecule has 0 aromatic heterocycles. The number of hydrogen-bond donors (Lipinski definition) is 3. The summed E-state index contributed by atoms with van der Waals surface area (Å²) in [7, 11) is 0. The summed E-state index contributed by atoms with van der Waals surface area (Å²) in [6.45, 7) is 4.99. The predicted molar refractivity (Wildman–Crippen MR) is 338 cm³/mol. The maximum Gasteiger partial charge on any atom is 0.305 e. The molecule has 0 heterocycles. The second-order valence-electron chi connectivity index (χ2n) is 24.6. The highest BCUT2D eigenvalue weighted by Crippen LogP contribution is 2.19. The minimum absolute atomic E-state index is 0.0224. The van der Waals surface area contributed by atoms with E-state index in [0.29, 0.717) is 25.9 Å². The Morgan fingerprint density at radius 1 is 0.351 bits per heavy atom. The Balaban J connectivity index is 3.32. The molecule has 0 fully saturated rings. The van der Waals surface area contributed by atoms with E-state index in [1.54, 1.807) is 0 Å². The lowest BCUT2D eigenvalue weighted by molar-refractivity contribution is -0.143. The van der Waals surface area contributed by atoms with Crippen molar-refractivity contribution in [2.24, 2.45) is 0 Å². The predicted octanol–water partition coefficient (Wildman–Crippen LogP) is 22.8. The van der Waals surface area contributed by atoms with Crippen LogP contribution in [0.1, 0.15) is 406 Å². The fourth-order valence-electron chi connectivity index (χ4n) is 11.4. The number of rotatable bonds is 67. The summed E-state index contributed by atoms with van der Waals surface area (Å²) >= 11 is 0. The molecule has 2 atom stereocenters. The van der Waals surface area contributed by atoms with Crippen LogP contribution in [0.15, 0.2) is 12.2 Å². The quantitative estimate of drug-likeness (QED) is 0.0320. The standard InChI is InChI=1S/C71H139NO5/c1-3-5-7-9-11-13-15-17-18-19-35-38-41-45-49-53-57-61-65-71(76)77-66-62-58-54-50-46-42-39-36-33-31-29-27-25-23-21-20-22-24-26-28-30-32-34-37-40-44-48-52-56-60-64-70(75)72-68(67-73)69(74)63-59-55-51-47-43-16-14-12-10-8-6-4-2/h21,23,68-69,73-74H,3-20,22,24-67H2,1-2H3,(H,72,75)/b23-21-. The smallest absolute Gasteiger partial charge is 0.305 e. The Labute approximate surface area is 482 Å². The van der Waals surface area contributed by atoms with Crippen molar-refractivity contribution in [2.45, 2.75) is 418 Å². The Hall–Kier alpha value is -1.40. The first-order valence-corrected chi connectivity index (χ1v) is 35.4. The molecule has 6 nitrogen and oxygen atoms in total. The second kappa shape index (κ2) is 67.1. The fraction of sp³-hybridized carbons (Fsp3) is 0.944. The maximum absolute atomic E-state index is 12.5. The van der Waals surface area contributed by atoms with Crippen molar-refractivity contribution in [3.05, 3.63) is 12.2 Å². The highest BCUT2D eigenvalue weighted by atomic mass is 16.5. The van der Waals surface area contributed by atoms with Crippen LogP contribution in [0.5, 0.6) is 0 Å². The van der Waals surface area contributed by atoms with Gasteiger partial charge in [0, 0.05) is 12.8 Å². The molecular weight excluding hydrogens is 947 g/mol. The molecule has 0 aromatic rings. The van der Waals surface area contributed by atoms with Gasteiger partial charge in [0.2, 0.25) is 5.91 Å². The zero-order valence-corrected chi connectivity index (χ0v) is 52.5. The molecule has 0 saturated heterocycles. The number of esters is 1. The number of nitrogens with one attached hydrogen (secondary N) is 1. The first-order chi connectivity index (χ1) is 38.0. The minimum Gasteiger partial charge on any atom is -0.466 e. The summed E-state index contributed by atoms with van der Waals surface area (Å²) in [4.78, 5) is 24.6. The molecule has 6 heteroatoms. The summed E-state index contributed by atoms with van der Waals surface area (Å²) in [6, 6.07) is -0.538. The third kappa shape index (κ3) is 63.6. The molecule has 0 rings (SSSR count). The van der Waals surface area contributed by atoms with Crippen LogP contribution < -0.4 is 5.32 Å². The van der Waals surface area contributed by atoms with Gasteiger partial charge in [-0.2, -0.15) is 0 Å². The number of carbonyl (C=O) groups excluding carboxylic acids is 2. The number of carbonyl (C=O) groups is 2. The molecule has 3 N–H and O–H groups in total. The van der Waals surface area contributed by atoms with Gasteiger partial charge in [-0.25, -0.2) is 0 Å². The molecule has 0 aliphatic heterocycles. The van der Waals surface area contributed by atoms with Crippen molar-refractivity contribution < 1.29 is 24.5 Å². The summed E-state index contributed by atoms with van der Waals surface area (Å²) in [6.07, 6.45) is 82.7. The third-order valence-corrected chi connectivity index (χ3v) is 16.8. The summed E-state index contributed by atoms with van der Waals surface area (Å²) < 4.78 is 5.51. The molecule has 0 aromatic carbocycles. The van der Waals surface area contributed by atoms with Crippen LogP contribution in [-0.4, -0.2) is 47.4 Å². The third-order valence-electron chi connectivity index (χ3n) is 16.8. The van der Waals surface area contributed by atoms with Crippen molar-refractivity contribution in [1.29, 1.82) is 0 Å². The van der Waals surface area contributed by atoms with Crippen LogP contribution >= 0.6 is 0 Å². The molecule has 0 spiro atoms. The first kappa shape index (κ1) is 75.6. The summed E-state index contributed by atoms with van der Waals surface area (Å²) in [5, 5.41) is 23.3. The zero-order valence-electron chi connectivity index (χ0n) is 52.5. The average Bonchev–Trinajstić information content (AvgIpc) is 3.43. The Morgan fingerprint density at radius 3 is 0.922 bits per heavy atom. The van der Waals surface area contributed by atoms with Gasteiger partial charge in [-0.1, -0.05) is 353 Å². The Kier molecular flexibility index (Phi) is 65.9. The van der Waals surface area contributed by atoms with E-state index in [9.17, 15) is 19.8 Å². The van der Waals surface area contributed by atoms with Crippen molar-refractivity contribution in [3.8, 4) is 0 Å². The average molecular weight is 1090 g/mol. The number of unbranched alkanes of at least 4 members (excludes halogenated alkanes) is 54. The van der Waals surface area contributed by atoms with Gasteiger partial charge in [0.15, 0.2) is 0 Å². The van der Waals surface area contributed by atoms with Gasteiger partial charge in [0.1, 0.15) is 0 Å². The molecule has 0 bridgehead atoms. The lowest BCUT2D eigenvalue weighted by Gasteiger charge is -2.22. The van der Waals surface area contributed by atoms with Gasteiger partial charge in [-0.15, -0.1) is 0 Å². The van der Waals surface area contributed by atoms with Crippen molar-refractivity contribution >= 4 is 11.9 Å². The van der Waals surface area contributed by atoms with Gasteiger partial charge in [0.05, 0.1) is 25.4 Å². The SMILES string of the molecule is CCCCCCCCCCCCCCCCCCCCC(=O)OCCCCCCCCCCCCCC/C=C\CCCCCCCCCCCCCCCCC(=O)NC(CO)C(O)CCCCCCCCCCCCCC. The van der Waals surface area contributed by atoms with E-state index in [2.05, 4.69) is 31.3 Å². The topological polar surface area (TPSA) is 95.9 Å². The van der Waals surface area contributed by atoms with Crippen LogP contribution in [0.2, 0.25) is 0 Å². The molecule has 1 amide bonds. The molecule has 0 aliphatic carbocycles. The molecular formula is C71H139NO5. The second-order valence-corrected chi connectivity index (χ2v) is 24.6. The number of allylic oxidation sites excluding steroid dienone is 2. The lowest BCUT2D eigenvalue weighted by Crippen LogP contribution is -2.45. The number of amides is 1. The number of hydrogen-bond acceptors (Lipinski definition) is 5. The van der Waals surface area contributed by atoms with E-state index >= 15 is 0 Å². The van der Waals surface area contributed by atoms with Crippen LogP contribution in [0, 0.1) is 0 Å². The van der Waals surface area contributed by atoms with E-state index in [-0.39, 0.29) is 18.5 Å². The van der Waals surface area contributed by atoms with Crippen LogP contribution in [0.3, 0.4) is 0 Å². The van der Waals surface area contributed by atoms with Gasteiger partial charge < -0.3 is 20.3 Å². The van der Waals surface area contributed by atoms with Crippen molar-refractivity contribution in [3.63, 3.8) is 0 Å². The zero-order chi connectivity index (χ0) is 55.7. The van der Waals surface area contributed by atoms with E-state index in [1.165, 1.54) is 334 Å². The van der Waals surface area contributed by atoms with Gasteiger partial charge in [-0.3, -0.25) is 9.59 Å². The van der Waals surface area contributed by atoms with E-state index in [0.717, 1.165) is 38.5 Å². The highest BCUT2D eigenvalue weighted by molar-refractivity contribution is 5.76. The van der Waals surface area contributed by atoms with Crippen molar-refractivity contribution in [1.82, 2.24) is 5.32 Å².